The van der Waals surface area contributed by atoms with E-state index in [1.165, 1.54) is 6.92 Å². The number of hydrogen-bond acceptors (Lipinski definition) is 5. The molecule has 2 aliphatic carbocycles. The molecule has 1 N–H and O–H groups in total. The Morgan fingerprint density at radius 3 is 2.05 bits per heavy atom. The van der Waals surface area contributed by atoms with Crippen LogP contribution in [-0.2, 0) is 11.0 Å². The normalized spacial score (nSPS) is 22.3. The van der Waals surface area contributed by atoms with Crippen molar-refractivity contribution in [2.75, 3.05) is 13.1 Å². The molecule has 2 fully saturated rings. The molecular weight excluding hydrogens is 605 g/mol. The van der Waals surface area contributed by atoms with Gasteiger partial charge in [0.1, 0.15) is 0 Å². The summed E-state index contributed by atoms with van der Waals surface area (Å²) >= 11 is 12.0. The lowest BCUT2D eigenvalue weighted by atomic mass is 9.74. The fraction of sp³-hybridized carbons (Fsp3) is 0.560. The average molecular weight is 629 g/mol. The van der Waals surface area contributed by atoms with Gasteiger partial charge in [-0.15, -0.1) is 0 Å². The second-order valence-corrected chi connectivity index (χ2v) is 11.6. The van der Waals surface area contributed by atoms with Crippen molar-refractivity contribution in [3.8, 4) is 0 Å². The van der Waals surface area contributed by atoms with E-state index in [1.54, 1.807) is 0 Å². The summed E-state index contributed by atoms with van der Waals surface area (Å²) < 4.78 is 85.2. The maximum Gasteiger partial charge on any atom is 0.433 e. The number of amides is 1. The minimum atomic E-state index is -5.15. The largest absolute Gasteiger partial charge is 0.481 e. The summed E-state index contributed by atoms with van der Waals surface area (Å²) in [6.07, 6.45) is -7.83. The third-order valence-corrected chi connectivity index (χ3v) is 8.49. The molecule has 16 heteroatoms. The number of pyridine rings is 1. The molecular formula is C25H24Cl2F6N4O4. The minimum Gasteiger partial charge on any atom is -0.481 e. The first-order valence-corrected chi connectivity index (χ1v) is 13.2. The van der Waals surface area contributed by atoms with Crippen LogP contribution in [-0.4, -0.2) is 61.7 Å². The van der Waals surface area contributed by atoms with Crippen LogP contribution in [0.2, 0.25) is 10.0 Å². The number of rotatable bonds is 8. The lowest BCUT2D eigenvalue weighted by molar-refractivity contribution is -0.189. The number of halogens is 8. The molecule has 0 unspecified atom stereocenters. The number of aliphatic carboxylic acids is 1. The fourth-order valence-electron chi connectivity index (χ4n) is 5.12. The molecule has 41 heavy (non-hydrogen) atoms. The van der Waals surface area contributed by atoms with Crippen molar-refractivity contribution >= 4 is 40.9 Å². The summed E-state index contributed by atoms with van der Waals surface area (Å²) in [7, 11) is 0. The summed E-state index contributed by atoms with van der Waals surface area (Å²) in [4.78, 5) is 42.3. The van der Waals surface area contributed by atoms with Gasteiger partial charge in [0.25, 0.3) is 5.91 Å². The van der Waals surface area contributed by atoms with E-state index in [4.69, 9.17) is 23.2 Å². The van der Waals surface area contributed by atoms with Crippen molar-refractivity contribution in [3.05, 3.63) is 45.5 Å². The molecule has 2 saturated carbocycles. The lowest BCUT2D eigenvalue weighted by Crippen LogP contribution is -2.44. The van der Waals surface area contributed by atoms with Gasteiger partial charge in [-0.3, -0.25) is 24.0 Å². The van der Waals surface area contributed by atoms with Gasteiger partial charge in [0, 0.05) is 18.9 Å². The maximum absolute atomic E-state index is 14.4. The maximum atomic E-state index is 14.4. The van der Waals surface area contributed by atoms with E-state index >= 15 is 0 Å². The number of carbonyl (C=O) groups excluding carboxylic acids is 2. The van der Waals surface area contributed by atoms with Crippen molar-refractivity contribution in [1.29, 1.82) is 0 Å². The molecule has 2 heterocycles. The second kappa shape index (κ2) is 10.8. The van der Waals surface area contributed by atoms with Gasteiger partial charge in [-0.05, 0) is 45.4 Å². The van der Waals surface area contributed by atoms with E-state index in [0.29, 0.717) is 15.8 Å². The molecule has 1 amide bonds. The molecule has 0 spiro atoms. The third kappa shape index (κ3) is 6.04. The summed E-state index contributed by atoms with van der Waals surface area (Å²) in [6.45, 7) is -0.619. The van der Waals surface area contributed by atoms with Gasteiger partial charge in [0.2, 0.25) is 0 Å². The third-order valence-electron chi connectivity index (χ3n) is 7.92. The Morgan fingerprint density at radius 2 is 1.59 bits per heavy atom. The predicted molar refractivity (Wildman–Crippen MR) is 133 cm³/mol. The van der Waals surface area contributed by atoms with Gasteiger partial charge < -0.3 is 10.0 Å². The molecule has 8 nitrogen and oxygen atoms in total. The molecule has 0 aromatic carbocycles. The monoisotopic (exact) mass is 628 g/mol. The highest BCUT2D eigenvalue weighted by Gasteiger charge is 2.64. The number of hydrogen-bond donors (Lipinski definition) is 1. The van der Waals surface area contributed by atoms with Crippen LogP contribution in [0.15, 0.2) is 18.6 Å². The van der Waals surface area contributed by atoms with Crippen molar-refractivity contribution in [2.24, 2.45) is 10.8 Å². The van der Waals surface area contributed by atoms with Crippen molar-refractivity contribution in [3.63, 3.8) is 0 Å². The standard InChI is InChI=1S/C25H24Cl2F6N4O4/c1-22(21(40)41)4-2-13(3-5-22)37-19(24(28,29)30)14(8-35-37)20(39)36(12-23(6-7-23)25(31,32)33)11-17(38)18-15(26)9-34-10-16(18)27/h8-10,13H,2-7,11-12H2,1H3,(H,40,41). The van der Waals surface area contributed by atoms with Crippen molar-refractivity contribution in [1.82, 2.24) is 19.7 Å². The van der Waals surface area contributed by atoms with Gasteiger partial charge in [0.15, 0.2) is 11.5 Å². The highest BCUT2D eigenvalue weighted by molar-refractivity contribution is 6.39. The van der Waals surface area contributed by atoms with E-state index in [1.807, 2.05) is 0 Å². The van der Waals surface area contributed by atoms with Gasteiger partial charge in [0.05, 0.1) is 50.8 Å². The molecule has 224 valence electrons. The van der Waals surface area contributed by atoms with Gasteiger partial charge in [-0.1, -0.05) is 23.2 Å². The number of aromatic nitrogens is 3. The Balaban J connectivity index is 1.71. The first kappa shape index (κ1) is 31.1. The highest BCUT2D eigenvalue weighted by Crippen LogP contribution is 2.58. The predicted octanol–water partition coefficient (Wildman–Crippen LogP) is 6.48. The highest BCUT2D eigenvalue weighted by atomic mass is 35.5. The first-order chi connectivity index (χ1) is 18.9. The lowest BCUT2D eigenvalue weighted by Gasteiger charge is -2.34. The molecule has 0 radical (unpaired) electrons. The van der Waals surface area contributed by atoms with Crippen LogP contribution >= 0.6 is 23.2 Å². The van der Waals surface area contributed by atoms with E-state index < -0.39 is 71.2 Å². The van der Waals surface area contributed by atoms with Crippen LogP contribution in [0.5, 0.6) is 0 Å². The number of Topliss-reactive ketones (excluding diaryl/α,β-unsaturated/α-hetero) is 1. The Bertz CT molecular complexity index is 1340. The fourth-order valence-corrected chi connectivity index (χ4v) is 5.70. The molecule has 0 bridgehead atoms. The van der Waals surface area contributed by atoms with E-state index in [0.717, 1.165) is 12.4 Å². The summed E-state index contributed by atoms with van der Waals surface area (Å²) in [6, 6.07) is -0.907. The number of carboxylic acid groups (broad SMARTS) is 1. The first-order valence-electron chi connectivity index (χ1n) is 12.5. The zero-order chi connectivity index (χ0) is 30.5. The molecule has 2 aromatic heterocycles. The van der Waals surface area contributed by atoms with Crippen LogP contribution in [0.4, 0.5) is 26.3 Å². The van der Waals surface area contributed by atoms with Crippen LogP contribution in [0, 0.1) is 10.8 Å². The number of ketones is 1. The average Bonchev–Trinajstić information content (AvgIpc) is 3.52. The second-order valence-electron chi connectivity index (χ2n) is 10.8. The Kier molecular flexibility index (Phi) is 8.15. The van der Waals surface area contributed by atoms with Gasteiger partial charge >= 0.3 is 18.3 Å². The van der Waals surface area contributed by atoms with Crippen LogP contribution in [0.1, 0.15) is 77.9 Å². The minimum absolute atomic E-state index is 0.0135. The molecule has 4 rings (SSSR count). The molecule has 2 aromatic rings. The van der Waals surface area contributed by atoms with Gasteiger partial charge in [-0.2, -0.15) is 31.4 Å². The van der Waals surface area contributed by atoms with Gasteiger partial charge in [-0.25, -0.2) is 0 Å². The smallest absolute Gasteiger partial charge is 0.433 e. The van der Waals surface area contributed by atoms with Crippen molar-refractivity contribution < 1.29 is 45.8 Å². The van der Waals surface area contributed by atoms with E-state index in [-0.39, 0.29) is 54.1 Å². The zero-order valence-corrected chi connectivity index (χ0v) is 23.0. The Hall–Kier alpha value is -2.87. The molecule has 2 aliphatic rings. The number of carbonyl (C=O) groups is 3. The van der Waals surface area contributed by atoms with E-state index in [9.17, 15) is 45.8 Å². The molecule has 0 aliphatic heterocycles. The molecule has 0 atom stereocenters. The summed E-state index contributed by atoms with van der Waals surface area (Å²) in [5.41, 5.74) is -6.37. The van der Waals surface area contributed by atoms with E-state index in [2.05, 4.69) is 10.1 Å². The number of carboxylic acids is 1. The quantitative estimate of drug-likeness (QED) is 0.265. The Labute approximate surface area is 239 Å². The molecule has 0 saturated heterocycles. The Morgan fingerprint density at radius 1 is 1.02 bits per heavy atom. The zero-order valence-electron chi connectivity index (χ0n) is 21.5. The topological polar surface area (TPSA) is 105 Å². The van der Waals surface area contributed by atoms with Crippen LogP contribution < -0.4 is 0 Å². The van der Waals surface area contributed by atoms with Crippen LogP contribution in [0.25, 0.3) is 0 Å². The van der Waals surface area contributed by atoms with Crippen molar-refractivity contribution in [2.45, 2.75) is 63.8 Å². The summed E-state index contributed by atoms with van der Waals surface area (Å²) in [5.74, 6) is -3.55. The van der Waals surface area contributed by atoms with Crippen LogP contribution in [0.3, 0.4) is 0 Å². The number of alkyl halides is 6. The number of nitrogens with zero attached hydrogens (tertiary/aromatic N) is 4. The summed E-state index contributed by atoms with van der Waals surface area (Å²) in [5, 5.41) is 12.7. The SMILES string of the molecule is CC1(C(=O)O)CCC(n2ncc(C(=O)N(CC(=O)c3c(Cl)cncc3Cl)CC3(C(F)(F)F)CC3)c2C(F)(F)F)CC1.